The highest BCUT2D eigenvalue weighted by Crippen LogP contribution is 2.30. The molecule has 0 radical (unpaired) electrons. The van der Waals surface area contributed by atoms with Crippen LogP contribution in [-0.2, 0) is 0 Å². The number of carbonyl (C=O) groups is 1. The van der Waals surface area contributed by atoms with Gasteiger partial charge >= 0.3 is 0 Å². The Kier molecular flexibility index (Phi) is 5.69. The van der Waals surface area contributed by atoms with E-state index in [2.05, 4.69) is 25.1 Å². The molecule has 1 fully saturated rings. The minimum absolute atomic E-state index is 0.0566. The van der Waals surface area contributed by atoms with E-state index in [1.54, 1.807) is 12.4 Å². The Morgan fingerprint density at radius 3 is 2.57 bits per heavy atom. The second-order valence-electron chi connectivity index (χ2n) is 7.26. The predicted molar refractivity (Wildman–Crippen MR) is 105 cm³/mol. The molecule has 0 unspecified atom stereocenters. The number of nitrogens with zero attached hydrogens (tertiary/aromatic N) is 4. The van der Waals surface area contributed by atoms with E-state index >= 15 is 0 Å². The summed E-state index contributed by atoms with van der Waals surface area (Å²) in [7, 11) is 1.18. The molecule has 0 atom stereocenters. The van der Waals surface area contributed by atoms with Gasteiger partial charge in [-0.25, -0.2) is 18.7 Å². The molecule has 1 aliphatic carbocycles. The Morgan fingerprint density at radius 2 is 1.93 bits per heavy atom. The average molecular weight is 413 g/mol. The van der Waals surface area contributed by atoms with Gasteiger partial charge in [-0.3, -0.25) is 9.48 Å². The third-order valence-electron chi connectivity index (χ3n) is 5.35. The molecule has 3 aromatic rings. The highest BCUT2D eigenvalue weighted by molar-refractivity contribution is 5.94. The first-order chi connectivity index (χ1) is 14.5. The lowest BCUT2D eigenvalue weighted by Gasteiger charge is -2.29. The minimum Gasteiger partial charge on any atom is -0.491 e. The molecule has 2 aromatic heterocycles. The lowest BCUT2D eigenvalue weighted by Crippen LogP contribution is -2.38. The minimum atomic E-state index is -0.899. The number of ether oxygens (including phenoxy) is 1. The van der Waals surface area contributed by atoms with Crippen LogP contribution in [0.4, 0.5) is 8.78 Å². The summed E-state index contributed by atoms with van der Waals surface area (Å²) in [4.78, 5) is 20.6. The van der Waals surface area contributed by atoms with Gasteiger partial charge in [-0.1, -0.05) is 0 Å². The number of aromatic nitrogens is 4. The first-order valence-electron chi connectivity index (χ1n) is 9.69. The molecule has 1 amide bonds. The molecule has 0 saturated heterocycles. The quantitative estimate of drug-likeness (QED) is 0.692. The monoisotopic (exact) mass is 413 g/mol. The molecular formula is C21H21F2N5O2. The first kappa shape index (κ1) is 19.9. The number of amides is 1. The van der Waals surface area contributed by atoms with Crippen LogP contribution in [0.3, 0.4) is 0 Å². The molecule has 0 spiro atoms. The molecule has 4 rings (SSSR count). The summed E-state index contributed by atoms with van der Waals surface area (Å²) in [5.74, 6) is -2.79. The van der Waals surface area contributed by atoms with Crippen molar-refractivity contribution in [2.75, 3.05) is 7.11 Å². The van der Waals surface area contributed by atoms with Crippen molar-refractivity contribution in [2.45, 2.75) is 37.8 Å². The number of hydrogen-bond acceptors (Lipinski definition) is 5. The van der Waals surface area contributed by atoms with Crippen molar-refractivity contribution in [2.24, 2.45) is 0 Å². The lowest BCUT2D eigenvalue weighted by molar-refractivity contribution is 0.0920. The Labute approximate surface area is 172 Å². The van der Waals surface area contributed by atoms with Crippen molar-refractivity contribution in [1.82, 2.24) is 25.1 Å². The topological polar surface area (TPSA) is 81.9 Å². The third-order valence-corrected chi connectivity index (χ3v) is 5.35. The zero-order chi connectivity index (χ0) is 21.1. The summed E-state index contributed by atoms with van der Waals surface area (Å²) in [5, 5.41) is 7.33. The second kappa shape index (κ2) is 8.56. The Morgan fingerprint density at radius 1 is 1.20 bits per heavy atom. The van der Waals surface area contributed by atoms with Crippen molar-refractivity contribution >= 4 is 5.91 Å². The highest BCUT2D eigenvalue weighted by Gasteiger charge is 2.25. The highest BCUT2D eigenvalue weighted by atomic mass is 19.1. The molecule has 7 nitrogen and oxygen atoms in total. The van der Waals surface area contributed by atoms with Crippen LogP contribution in [0, 0.1) is 11.6 Å². The molecule has 1 aromatic carbocycles. The Bertz CT molecular complexity index is 1010. The summed E-state index contributed by atoms with van der Waals surface area (Å²) in [6, 6.07) is 3.98. The van der Waals surface area contributed by atoms with E-state index in [-0.39, 0.29) is 17.6 Å². The molecule has 1 aliphatic rings. The largest absolute Gasteiger partial charge is 0.491 e. The van der Waals surface area contributed by atoms with Crippen LogP contribution in [0.2, 0.25) is 0 Å². The van der Waals surface area contributed by atoms with Gasteiger partial charge in [0.25, 0.3) is 5.91 Å². The maximum Gasteiger partial charge on any atom is 0.251 e. The molecule has 2 heterocycles. The van der Waals surface area contributed by atoms with E-state index in [4.69, 9.17) is 0 Å². The van der Waals surface area contributed by atoms with E-state index in [0.29, 0.717) is 0 Å². The van der Waals surface area contributed by atoms with Crippen LogP contribution in [0.1, 0.15) is 42.1 Å². The molecule has 9 heteroatoms. The normalized spacial score (nSPS) is 18.8. The summed E-state index contributed by atoms with van der Waals surface area (Å²) in [5.41, 5.74) is 1.68. The summed E-state index contributed by atoms with van der Waals surface area (Å²) >= 11 is 0. The molecule has 1 N–H and O–H groups in total. The van der Waals surface area contributed by atoms with Gasteiger partial charge in [-0.2, -0.15) is 5.10 Å². The number of halogens is 2. The zero-order valence-corrected chi connectivity index (χ0v) is 16.4. The SMILES string of the molecule is COc1c(F)cc(C(=O)NC2CCC(n3cc(-c4ccncn4)cn3)CC2)cc1F. The number of nitrogens with one attached hydrogen (secondary N) is 1. The van der Waals surface area contributed by atoms with E-state index in [9.17, 15) is 13.6 Å². The Hall–Kier alpha value is -3.36. The van der Waals surface area contributed by atoms with Gasteiger partial charge in [0.1, 0.15) is 6.33 Å². The fourth-order valence-electron chi connectivity index (χ4n) is 3.77. The predicted octanol–water partition coefficient (Wildman–Crippen LogP) is 3.54. The number of carbonyl (C=O) groups excluding carboxylic acids is 1. The maximum absolute atomic E-state index is 13.9. The van der Waals surface area contributed by atoms with Crippen LogP contribution < -0.4 is 10.1 Å². The van der Waals surface area contributed by atoms with Crippen molar-refractivity contribution in [3.05, 3.63) is 60.3 Å². The van der Waals surface area contributed by atoms with Crippen LogP contribution in [0.25, 0.3) is 11.3 Å². The lowest BCUT2D eigenvalue weighted by atomic mass is 9.91. The van der Waals surface area contributed by atoms with E-state index in [0.717, 1.165) is 49.1 Å². The molecule has 1 saturated carbocycles. The fraction of sp³-hybridized carbons (Fsp3) is 0.333. The fourth-order valence-corrected chi connectivity index (χ4v) is 3.77. The van der Waals surface area contributed by atoms with Gasteiger partial charge in [0.05, 0.1) is 25.0 Å². The van der Waals surface area contributed by atoms with Gasteiger partial charge < -0.3 is 10.1 Å². The smallest absolute Gasteiger partial charge is 0.251 e. The van der Waals surface area contributed by atoms with Crippen molar-refractivity contribution in [3.63, 3.8) is 0 Å². The molecule has 156 valence electrons. The van der Waals surface area contributed by atoms with Crippen molar-refractivity contribution in [1.29, 1.82) is 0 Å². The van der Waals surface area contributed by atoms with Gasteiger partial charge in [0, 0.05) is 29.6 Å². The van der Waals surface area contributed by atoms with Crippen molar-refractivity contribution < 1.29 is 18.3 Å². The third kappa shape index (κ3) is 4.14. The maximum atomic E-state index is 13.9. The van der Waals surface area contributed by atoms with Gasteiger partial charge in [-0.15, -0.1) is 0 Å². The standard InChI is InChI=1S/C21H21F2N5O2/c1-30-20-17(22)8-13(9-18(20)23)21(29)27-15-2-4-16(5-3-15)28-11-14(10-26-28)19-6-7-24-12-25-19/h6-12,15-16H,2-5H2,1H3,(H,27,29). The Balaban J connectivity index is 1.35. The second-order valence-corrected chi connectivity index (χ2v) is 7.26. The molecule has 0 aliphatic heterocycles. The number of hydrogen-bond donors (Lipinski definition) is 1. The van der Waals surface area contributed by atoms with Crippen LogP contribution >= 0.6 is 0 Å². The van der Waals surface area contributed by atoms with E-state index in [1.165, 1.54) is 13.4 Å². The molecular weight excluding hydrogens is 392 g/mol. The van der Waals surface area contributed by atoms with Gasteiger partial charge in [0.2, 0.25) is 0 Å². The van der Waals surface area contributed by atoms with Gasteiger partial charge in [0.15, 0.2) is 17.4 Å². The number of methoxy groups -OCH3 is 1. The zero-order valence-electron chi connectivity index (χ0n) is 16.4. The summed E-state index contributed by atoms with van der Waals surface area (Å²) < 4.78 is 34.3. The van der Waals surface area contributed by atoms with E-state index in [1.807, 2.05) is 16.9 Å². The average Bonchev–Trinajstić information content (AvgIpc) is 3.25. The summed E-state index contributed by atoms with van der Waals surface area (Å²) in [6.07, 6.45) is 10.1. The van der Waals surface area contributed by atoms with E-state index < -0.39 is 23.3 Å². The van der Waals surface area contributed by atoms with Crippen LogP contribution in [0.15, 0.2) is 43.1 Å². The number of rotatable bonds is 5. The van der Waals surface area contributed by atoms with Crippen LogP contribution in [0.5, 0.6) is 5.75 Å². The van der Waals surface area contributed by atoms with Crippen molar-refractivity contribution in [3.8, 4) is 17.0 Å². The first-order valence-corrected chi connectivity index (χ1v) is 9.69. The molecule has 30 heavy (non-hydrogen) atoms. The van der Waals surface area contributed by atoms with Gasteiger partial charge in [-0.05, 0) is 43.9 Å². The van der Waals surface area contributed by atoms with Crippen LogP contribution in [-0.4, -0.2) is 38.8 Å². The summed E-state index contributed by atoms with van der Waals surface area (Å²) in [6.45, 7) is 0. The molecule has 0 bridgehead atoms. The number of benzene rings is 1.